The van der Waals surface area contributed by atoms with Crippen molar-refractivity contribution in [2.24, 2.45) is 13.0 Å². The molecule has 1 saturated carbocycles. The Morgan fingerprint density at radius 3 is 2.50 bits per heavy atom. The van der Waals surface area contributed by atoms with Gasteiger partial charge in [-0.25, -0.2) is 0 Å². The fourth-order valence-electron chi connectivity index (χ4n) is 6.65. The van der Waals surface area contributed by atoms with Crippen LogP contribution in [0.15, 0.2) is 35.9 Å². The first-order chi connectivity index (χ1) is 20.0. The quantitative estimate of drug-likeness (QED) is 0.265. The van der Waals surface area contributed by atoms with E-state index >= 15 is 0 Å². The lowest BCUT2D eigenvalue weighted by Gasteiger charge is -2.27. The lowest BCUT2D eigenvalue weighted by atomic mass is 9.85. The van der Waals surface area contributed by atoms with Gasteiger partial charge in [-0.3, -0.25) is 14.3 Å². The summed E-state index contributed by atoms with van der Waals surface area (Å²) >= 11 is 6.33. The summed E-state index contributed by atoms with van der Waals surface area (Å²) in [7, 11) is 1.95. The van der Waals surface area contributed by atoms with Crippen molar-refractivity contribution in [1.82, 2.24) is 15.1 Å². The standard InChI is InChI=1S/C34H40ClN3O4/c1-19-15-25(16-20(2)32(19)35)42-14-8-13-27-26-11-7-12-28(31-21(3)37-38(5)22(31)4)29(26)18-30(27)33(39)36-24-10-6-9-23(17-24)34(40)41/h7,11-12,15-16,23-24H,6,8-10,13-14,17-18H2,1-5H3,(H,36,39)(H,40,41)/t23-,24-/m1/s1. The molecule has 2 aliphatic rings. The van der Waals surface area contributed by atoms with Gasteiger partial charge in [-0.2, -0.15) is 5.10 Å². The number of carboxylic acids is 1. The first kappa shape index (κ1) is 29.9. The van der Waals surface area contributed by atoms with Crippen LogP contribution in [0, 0.1) is 33.6 Å². The van der Waals surface area contributed by atoms with E-state index in [-0.39, 0.29) is 11.9 Å². The predicted octanol–water partition coefficient (Wildman–Crippen LogP) is 6.90. The zero-order valence-corrected chi connectivity index (χ0v) is 25.9. The number of fused-ring (bicyclic) bond motifs is 1. The lowest BCUT2D eigenvalue weighted by molar-refractivity contribution is -0.143. The lowest BCUT2D eigenvalue weighted by Crippen LogP contribution is -2.40. The summed E-state index contributed by atoms with van der Waals surface area (Å²) in [5, 5.41) is 18.2. The molecule has 0 bridgehead atoms. The second-order valence-corrected chi connectivity index (χ2v) is 12.2. The van der Waals surface area contributed by atoms with Gasteiger partial charge in [-0.05, 0) is 105 Å². The third-order valence-electron chi connectivity index (χ3n) is 8.88. The molecular formula is C34H40ClN3O4. The van der Waals surface area contributed by atoms with Crippen molar-refractivity contribution in [2.75, 3.05) is 6.61 Å². The Kier molecular flexibility index (Phi) is 8.78. The number of carbonyl (C=O) groups is 2. The molecule has 1 amide bonds. The molecule has 8 heteroatoms. The highest BCUT2D eigenvalue weighted by atomic mass is 35.5. The molecule has 0 unspecified atom stereocenters. The number of aliphatic carboxylic acids is 1. The number of allylic oxidation sites excluding steroid dienone is 1. The van der Waals surface area contributed by atoms with Gasteiger partial charge in [0.25, 0.3) is 0 Å². The number of hydrogen-bond acceptors (Lipinski definition) is 4. The van der Waals surface area contributed by atoms with E-state index in [1.54, 1.807) is 0 Å². The predicted molar refractivity (Wildman–Crippen MR) is 166 cm³/mol. The minimum atomic E-state index is -0.778. The van der Waals surface area contributed by atoms with Gasteiger partial charge in [-0.15, -0.1) is 0 Å². The monoisotopic (exact) mass is 589 g/mol. The normalized spacial score (nSPS) is 18.2. The van der Waals surface area contributed by atoms with Crippen molar-refractivity contribution in [3.63, 3.8) is 0 Å². The zero-order valence-electron chi connectivity index (χ0n) is 25.1. The molecule has 0 spiro atoms. The van der Waals surface area contributed by atoms with Gasteiger partial charge in [0.15, 0.2) is 0 Å². The van der Waals surface area contributed by atoms with E-state index in [2.05, 4.69) is 35.5 Å². The molecule has 2 aliphatic carbocycles. The van der Waals surface area contributed by atoms with Crippen LogP contribution < -0.4 is 10.1 Å². The molecule has 2 aromatic carbocycles. The van der Waals surface area contributed by atoms with Crippen LogP contribution in [-0.4, -0.2) is 39.4 Å². The molecule has 0 radical (unpaired) electrons. The maximum atomic E-state index is 13.8. The number of nitrogens with one attached hydrogen (secondary N) is 1. The molecule has 0 saturated heterocycles. The number of hydrogen-bond donors (Lipinski definition) is 2. The fraction of sp³-hybridized carbons (Fsp3) is 0.441. The number of nitrogens with zero attached hydrogens (tertiary/aromatic N) is 2. The molecule has 5 rings (SSSR count). The van der Waals surface area contributed by atoms with Crippen LogP contribution in [0.25, 0.3) is 16.7 Å². The Bertz CT molecular complexity index is 1550. The Balaban J connectivity index is 1.41. The zero-order chi connectivity index (χ0) is 30.1. The number of halogens is 1. The maximum Gasteiger partial charge on any atom is 0.306 e. The highest BCUT2D eigenvalue weighted by Crippen LogP contribution is 2.42. The van der Waals surface area contributed by atoms with Crippen LogP contribution in [-0.2, 0) is 23.1 Å². The summed E-state index contributed by atoms with van der Waals surface area (Å²) in [5.41, 5.74) is 10.3. The number of amides is 1. The second-order valence-electron chi connectivity index (χ2n) is 11.8. The van der Waals surface area contributed by atoms with Crippen molar-refractivity contribution in [3.8, 4) is 16.9 Å². The number of rotatable bonds is 9. The number of aryl methyl sites for hydroxylation is 4. The van der Waals surface area contributed by atoms with Crippen molar-refractivity contribution in [1.29, 1.82) is 0 Å². The van der Waals surface area contributed by atoms with E-state index in [0.717, 1.165) is 85.9 Å². The van der Waals surface area contributed by atoms with Crippen LogP contribution in [0.4, 0.5) is 0 Å². The van der Waals surface area contributed by atoms with Crippen molar-refractivity contribution in [3.05, 3.63) is 74.6 Å². The van der Waals surface area contributed by atoms with Gasteiger partial charge in [0, 0.05) is 41.4 Å². The fourth-order valence-corrected chi connectivity index (χ4v) is 6.76. The average Bonchev–Trinajstić information content (AvgIpc) is 3.45. The van der Waals surface area contributed by atoms with E-state index in [0.29, 0.717) is 32.3 Å². The Morgan fingerprint density at radius 2 is 1.83 bits per heavy atom. The summed E-state index contributed by atoms with van der Waals surface area (Å²) in [6, 6.07) is 10.1. The molecular weight excluding hydrogens is 550 g/mol. The summed E-state index contributed by atoms with van der Waals surface area (Å²) < 4.78 is 8.00. The summed E-state index contributed by atoms with van der Waals surface area (Å²) in [4.78, 5) is 25.5. The Morgan fingerprint density at radius 1 is 1.12 bits per heavy atom. The van der Waals surface area contributed by atoms with Crippen LogP contribution in [0.2, 0.25) is 5.02 Å². The molecule has 0 aliphatic heterocycles. The highest BCUT2D eigenvalue weighted by Gasteiger charge is 2.32. The number of aromatic nitrogens is 2. The Hall–Kier alpha value is -3.58. The number of carbonyl (C=O) groups excluding carboxylic acids is 1. The molecule has 1 fully saturated rings. The summed E-state index contributed by atoms with van der Waals surface area (Å²) in [6.07, 6.45) is 4.72. The summed E-state index contributed by atoms with van der Waals surface area (Å²) in [5.74, 6) is -0.477. The van der Waals surface area contributed by atoms with E-state index in [1.165, 1.54) is 0 Å². The maximum absolute atomic E-state index is 13.8. The molecule has 42 heavy (non-hydrogen) atoms. The van der Waals surface area contributed by atoms with E-state index in [1.807, 2.05) is 44.6 Å². The molecule has 1 aromatic heterocycles. The first-order valence-corrected chi connectivity index (χ1v) is 15.2. The Labute approximate surface area is 252 Å². The average molecular weight is 590 g/mol. The smallest absolute Gasteiger partial charge is 0.306 e. The number of carboxylic acid groups (broad SMARTS) is 1. The largest absolute Gasteiger partial charge is 0.494 e. The van der Waals surface area contributed by atoms with Crippen molar-refractivity contribution >= 4 is 29.1 Å². The van der Waals surface area contributed by atoms with Crippen LogP contribution in [0.3, 0.4) is 0 Å². The van der Waals surface area contributed by atoms with Gasteiger partial charge >= 0.3 is 5.97 Å². The topological polar surface area (TPSA) is 93.4 Å². The molecule has 1 heterocycles. The molecule has 3 aromatic rings. The van der Waals surface area contributed by atoms with Gasteiger partial charge in [0.1, 0.15) is 5.75 Å². The van der Waals surface area contributed by atoms with Crippen LogP contribution >= 0.6 is 11.6 Å². The minimum Gasteiger partial charge on any atom is -0.494 e. The molecule has 2 N–H and O–H groups in total. The van der Waals surface area contributed by atoms with E-state index < -0.39 is 11.9 Å². The first-order valence-electron chi connectivity index (χ1n) is 14.8. The van der Waals surface area contributed by atoms with Crippen LogP contribution in [0.5, 0.6) is 5.75 Å². The minimum absolute atomic E-state index is 0.0901. The van der Waals surface area contributed by atoms with E-state index in [9.17, 15) is 14.7 Å². The van der Waals surface area contributed by atoms with Gasteiger partial charge < -0.3 is 15.2 Å². The van der Waals surface area contributed by atoms with Gasteiger partial charge in [0.05, 0.1) is 18.2 Å². The third-order valence-corrected chi connectivity index (χ3v) is 9.48. The molecule has 222 valence electrons. The SMILES string of the molecule is Cc1cc(OCCCC2=C(C(=O)N[C@@H]3CCC[C@@H](C(=O)O)C3)Cc3c2cccc3-c2c(C)nn(C)c2C)cc(C)c1Cl. The van der Waals surface area contributed by atoms with Crippen molar-refractivity contribution < 1.29 is 19.4 Å². The molecule has 7 nitrogen and oxygen atoms in total. The summed E-state index contributed by atoms with van der Waals surface area (Å²) in [6.45, 7) is 8.56. The third kappa shape index (κ3) is 5.98. The highest BCUT2D eigenvalue weighted by molar-refractivity contribution is 6.32. The second kappa shape index (κ2) is 12.3. The number of ether oxygens (including phenoxy) is 1. The van der Waals surface area contributed by atoms with Gasteiger partial charge in [-0.1, -0.05) is 36.2 Å². The van der Waals surface area contributed by atoms with E-state index in [4.69, 9.17) is 16.3 Å². The number of benzene rings is 2. The molecule has 2 atom stereocenters. The van der Waals surface area contributed by atoms with Gasteiger partial charge in [0.2, 0.25) is 5.91 Å². The van der Waals surface area contributed by atoms with Crippen molar-refractivity contribution in [2.45, 2.75) is 78.7 Å². The van der Waals surface area contributed by atoms with Crippen LogP contribution in [0.1, 0.15) is 72.2 Å².